The van der Waals surface area contributed by atoms with E-state index in [0.29, 0.717) is 0 Å². The molecule has 1 aromatic heterocycles. The van der Waals surface area contributed by atoms with Crippen molar-refractivity contribution < 1.29 is 0 Å². The minimum Gasteiger partial charge on any atom is -0.373 e. The molecule has 1 rings (SSSR count). The lowest BCUT2D eigenvalue weighted by molar-refractivity contribution is 0.416. The second-order valence-electron chi connectivity index (χ2n) is 3.70. The summed E-state index contributed by atoms with van der Waals surface area (Å²) in [6, 6.07) is 4.03. The van der Waals surface area contributed by atoms with Crippen LogP contribution in [0.5, 0.6) is 0 Å². The van der Waals surface area contributed by atoms with E-state index < -0.39 is 0 Å². The van der Waals surface area contributed by atoms with Crippen LogP contribution in [0.25, 0.3) is 0 Å². The molecule has 15 heavy (non-hydrogen) atoms. The normalized spacial score (nSPS) is 10.8. The zero-order valence-corrected chi connectivity index (χ0v) is 12.3. The molecule has 0 amide bonds. The smallest absolute Gasteiger partial charge is 0.109 e. The Morgan fingerprint density at radius 3 is 2.07 bits per heavy atom. The number of halogens is 2. The predicted molar refractivity (Wildman–Crippen MR) is 71.5 cm³/mol. The van der Waals surface area contributed by atoms with Crippen molar-refractivity contribution in [3.05, 3.63) is 21.3 Å². The SMILES string of the molecule is CN(C)CCN(C)c1cc(Br)nc(Br)c1. The van der Waals surface area contributed by atoms with Crippen LogP contribution >= 0.6 is 31.9 Å². The van der Waals surface area contributed by atoms with Gasteiger partial charge in [-0.25, -0.2) is 4.98 Å². The molecule has 5 heteroatoms. The Labute approximate surface area is 108 Å². The van der Waals surface area contributed by atoms with Crippen molar-refractivity contribution in [1.29, 1.82) is 0 Å². The van der Waals surface area contributed by atoms with Gasteiger partial charge in [0.2, 0.25) is 0 Å². The monoisotopic (exact) mass is 335 g/mol. The van der Waals surface area contributed by atoms with Crippen molar-refractivity contribution in [3.8, 4) is 0 Å². The average molecular weight is 337 g/mol. The van der Waals surface area contributed by atoms with Crippen molar-refractivity contribution in [1.82, 2.24) is 9.88 Å². The van der Waals surface area contributed by atoms with Crippen molar-refractivity contribution >= 4 is 37.5 Å². The second kappa shape index (κ2) is 5.82. The Hall–Kier alpha value is -0.130. The first-order valence-corrected chi connectivity index (χ1v) is 6.26. The third kappa shape index (κ3) is 4.49. The van der Waals surface area contributed by atoms with E-state index in [-0.39, 0.29) is 0 Å². The van der Waals surface area contributed by atoms with Crippen LogP contribution in [-0.2, 0) is 0 Å². The van der Waals surface area contributed by atoms with Gasteiger partial charge in [-0.05, 0) is 58.1 Å². The Bertz CT molecular complexity index is 308. The van der Waals surface area contributed by atoms with Gasteiger partial charge in [-0.15, -0.1) is 0 Å². The molecule has 84 valence electrons. The van der Waals surface area contributed by atoms with Gasteiger partial charge < -0.3 is 9.80 Å². The van der Waals surface area contributed by atoms with Gasteiger partial charge in [0.15, 0.2) is 0 Å². The van der Waals surface area contributed by atoms with Crippen molar-refractivity contribution in [2.75, 3.05) is 39.1 Å². The standard InChI is InChI=1S/C10H15Br2N3/c1-14(2)4-5-15(3)8-6-9(11)13-10(12)7-8/h6-7H,4-5H2,1-3H3. The Morgan fingerprint density at radius 1 is 1.07 bits per heavy atom. The van der Waals surface area contributed by atoms with Crippen LogP contribution in [0.3, 0.4) is 0 Å². The first kappa shape index (κ1) is 12.9. The van der Waals surface area contributed by atoms with Crippen LogP contribution in [-0.4, -0.2) is 44.1 Å². The average Bonchev–Trinajstić information content (AvgIpc) is 2.12. The summed E-state index contributed by atoms with van der Waals surface area (Å²) in [6.07, 6.45) is 0. The van der Waals surface area contributed by atoms with Crippen LogP contribution in [0.4, 0.5) is 5.69 Å². The molecule has 0 bridgehead atoms. The number of aromatic nitrogens is 1. The van der Waals surface area contributed by atoms with E-state index >= 15 is 0 Å². The number of nitrogens with zero attached hydrogens (tertiary/aromatic N) is 3. The quantitative estimate of drug-likeness (QED) is 0.788. The van der Waals surface area contributed by atoms with Gasteiger partial charge in [-0.2, -0.15) is 0 Å². The molecule has 0 unspecified atom stereocenters. The molecular formula is C10H15Br2N3. The Kier molecular flexibility index (Phi) is 5.02. The van der Waals surface area contributed by atoms with Crippen molar-refractivity contribution in [3.63, 3.8) is 0 Å². The maximum absolute atomic E-state index is 4.21. The summed E-state index contributed by atoms with van der Waals surface area (Å²) in [5, 5.41) is 0. The second-order valence-corrected chi connectivity index (χ2v) is 5.32. The van der Waals surface area contributed by atoms with E-state index in [9.17, 15) is 0 Å². The Balaban J connectivity index is 2.68. The molecule has 0 N–H and O–H groups in total. The minimum atomic E-state index is 0.851. The first-order chi connectivity index (χ1) is 6.99. The van der Waals surface area contributed by atoms with Gasteiger partial charge in [-0.1, -0.05) is 0 Å². The summed E-state index contributed by atoms with van der Waals surface area (Å²) in [4.78, 5) is 8.58. The lowest BCUT2D eigenvalue weighted by Crippen LogP contribution is -2.28. The summed E-state index contributed by atoms with van der Waals surface area (Å²) >= 11 is 6.77. The van der Waals surface area contributed by atoms with Crippen molar-refractivity contribution in [2.45, 2.75) is 0 Å². The maximum atomic E-state index is 4.21. The van der Waals surface area contributed by atoms with Gasteiger partial charge in [0.05, 0.1) is 0 Å². The van der Waals surface area contributed by atoms with E-state index in [1.807, 2.05) is 12.1 Å². The predicted octanol–water partition coefficient (Wildman–Crippen LogP) is 2.60. The third-order valence-electron chi connectivity index (χ3n) is 2.07. The first-order valence-electron chi connectivity index (χ1n) is 4.68. The van der Waals surface area contributed by atoms with E-state index in [2.05, 4.69) is 67.8 Å². The van der Waals surface area contributed by atoms with Crippen LogP contribution in [0.1, 0.15) is 0 Å². The number of likely N-dealkylation sites (N-methyl/N-ethyl adjacent to an activating group) is 2. The lowest BCUT2D eigenvalue weighted by atomic mass is 10.3. The molecule has 3 nitrogen and oxygen atoms in total. The molecule has 1 heterocycles. The lowest BCUT2D eigenvalue weighted by Gasteiger charge is -2.21. The largest absolute Gasteiger partial charge is 0.373 e. The van der Waals surface area contributed by atoms with E-state index in [4.69, 9.17) is 0 Å². The molecule has 1 aromatic rings. The highest BCUT2D eigenvalue weighted by Crippen LogP contribution is 2.21. The molecule has 0 aliphatic rings. The van der Waals surface area contributed by atoms with E-state index in [0.717, 1.165) is 28.0 Å². The fourth-order valence-corrected chi connectivity index (χ4v) is 2.24. The van der Waals surface area contributed by atoms with Crippen LogP contribution < -0.4 is 4.90 Å². The van der Waals surface area contributed by atoms with Crippen LogP contribution in [0.15, 0.2) is 21.3 Å². The van der Waals surface area contributed by atoms with Gasteiger partial charge in [0.25, 0.3) is 0 Å². The highest BCUT2D eigenvalue weighted by atomic mass is 79.9. The van der Waals surface area contributed by atoms with Crippen LogP contribution in [0.2, 0.25) is 0 Å². The maximum Gasteiger partial charge on any atom is 0.109 e. The number of anilines is 1. The third-order valence-corrected chi connectivity index (χ3v) is 2.88. The summed E-state index contributed by atoms with van der Waals surface area (Å²) < 4.78 is 1.70. The Morgan fingerprint density at radius 2 is 1.60 bits per heavy atom. The number of pyridine rings is 1. The zero-order chi connectivity index (χ0) is 11.4. The minimum absolute atomic E-state index is 0.851. The fraction of sp³-hybridized carbons (Fsp3) is 0.500. The molecule has 0 radical (unpaired) electrons. The summed E-state index contributed by atoms with van der Waals surface area (Å²) in [5.41, 5.74) is 1.16. The molecule has 0 aromatic carbocycles. The molecule has 0 saturated carbocycles. The summed E-state index contributed by atoms with van der Waals surface area (Å²) in [7, 11) is 6.23. The van der Waals surface area contributed by atoms with E-state index in [1.165, 1.54) is 0 Å². The van der Waals surface area contributed by atoms with Crippen LogP contribution in [0, 0.1) is 0 Å². The molecule has 0 spiro atoms. The van der Waals surface area contributed by atoms with Gasteiger partial charge in [0, 0.05) is 25.8 Å². The molecule has 0 saturated heterocycles. The topological polar surface area (TPSA) is 19.4 Å². The highest BCUT2D eigenvalue weighted by molar-refractivity contribution is 9.11. The molecule has 0 fully saturated rings. The highest BCUT2D eigenvalue weighted by Gasteiger charge is 2.04. The number of rotatable bonds is 4. The molecule has 0 aliphatic heterocycles. The molecular weight excluding hydrogens is 322 g/mol. The summed E-state index contributed by atoms with van der Waals surface area (Å²) in [6.45, 7) is 2.03. The number of hydrogen-bond acceptors (Lipinski definition) is 3. The van der Waals surface area contributed by atoms with Crippen molar-refractivity contribution in [2.24, 2.45) is 0 Å². The van der Waals surface area contributed by atoms with Gasteiger partial charge in [0.1, 0.15) is 9.21 Å². The number of hydrogen-bond donors (Lipinski definition) is 0. The fourth-order valence-electron chi connectivity index (χ4n) is 1.15. The van der Waals surface area contributed by atoms with Gasteiger partial charge in [-0.3, -0.25) is 0 Å². The van der Waals surface area contributed by atoms with E-state index in [1.54, 1.807) is 0 Å². The molecule has 0 atom stereocenters. The molecule has 0 aliphatic carbocycles. The van der Waals surface area contributed by atoms with Gasteiger partial charge >= 0.3 is 0 Å². The zero-order valence-electron chi connectivity index (χ0n) is 9.17. The summed E-state index contributed by atoms with van der Waals surface area (Å²) in [5.74, 6) is 0.